The topological polar surface area (TPSA) is 46.1 Å². The van der Waals surface area contributed by atoms with Crippen LogP contribution in [-0.2, 0) is 9.53 Å². The average Bonchev–Trinajstić information content (AvgIpc) is 2.61. The van der Waals surface area contributed by atoms with Crippen molar-refractivity contribution in [2.75, 3.05) is 25.4 Å². The quantitative estimate of drug-likeness (QED) is 0.653. The second-order valence-corrected chi connectivity index (χ2v) is 7.08. The largest absolute Gasteiger partial charge is 0.375 e. The van der Waals surface area contributed by atoms with Crippen molar-refractivity contribution in [2.24, 2.45) is 0 Å². The van der Waals surface area contributed by atoms with E-state index >= 15 is 0 Å². The number of quaternary nitrogens is 1. The first-order valence-corrected chi connectivity index (χ1v) is 7.47. The molecular formula is C12H21N2O2S+. The number of amides is 1. The fourth-order valence-electron chi connectivity index (χ4n) is 3.60. The van der Waals surface area contributed by atoms with Gasteiger partial charge in [0.05, 0.1) is 31.1 Å². The van der Waals surface area contributed by atoms with Gasteiger partial charge >= 0.3 is 0 Å². The number of carbonyl (C=O) groups is 1. The van der Waals surface area contributed by atoms with E-state index in [9.17, 15) is 4.79 Å². The number of fused-ring (bicyclic) bond motifs is 2. The van der Waals surface area contributed by atoms with Gasteiger partial charge in [-0.05, 0) is 13.8 Å². The molecule has 0 aromatic heterocycles. The van der Waals surface area contributed by atoms with Crippen LogP contribution in [-0.4, -0.2) is 52.8 Å². The Morgan fingerprint density at radius 1 is 1.53 bits per heavy atom. The number of hydrogen-bond acceptors (Lipinski definition) is 3. The van der Waals surface area contributed by atoms with Crippen molar-refractivity contribution in [3.05, 3.63) is 0 Å². The number of ether oxygens (including phenoxy) is 1. The van der Waals surface area contributed by atoms with Gasteiger partial charge in [0, 0.05) is 12.8 Å². The van der Waals surface area contributed by atoms with Crippen LogP contribution in [0.15, 0.2) is 0 Å². The van der Waals surface area contributed by atoms with E-state index in [1.807, 2.05) is 11.8 Å². The fourth-order valence-corrected chi connectivity index (χ4v) is 5.10. The van der Waals surface area contributed by atoms with Gasteiger partial charge in [-0.1, -0.05) is 0 Å². The van der Waals surface area contributed by atoms with Gasteiger partial charge in [0.15, 0.2) is 0 Å². The van der Waals surface area contributed by atoms with E-state index in [-0.39, 0.29) is 11.1 Å². The second kappa shape index (κ2) is 3.87. The SMILES string of the molecule is CC1(C)C[C@@]2(CCO1)[NH2+]CCN1C(=O)CS[C@H]12. The van der Waals surface area contributed by atoms with E-state index in [1.54, 1.807) is 0 Å². The molecule has 3 rings (SSSR count). The van der Waals surface area contributed by atoms with E-state index in [4.69, 9.17) is 4.74 Å². The highest BCUT2D eigenvalue weighted by Crippen LogP contribution is 2.41. The zero-order valence-electron chi connectivity index (χ0n) is 10.6. The number of nitrogens with two attached hydrogens (primary N) is 1. The second-order valence-electron chi connectivity index (χ2n) is 6.01. The predicted molar refractivity (Wildman–Crippen MR) is 66.7 cm³/mol. The van der Waals surface area contributed by atoms with Crippen LogP contribution in [0.1, 0.15) is 26.7 Å². The molecule has 0 aromatic carbocycles. The Kier molecular flexibility index (Phi) is 2.69. The molecule has 1 amide bonds. The van der Waals surface area contributed by atoms with Gasteiger partial charge in [-0.15, -0.1) is 11.8 Å². The van der Waals surface area contributed by atoms with Gasteiger partial charge in [0.1, 0.15) is 10.9 Å². The summed E-state index contributed by atoms with van der Waals surface area (Å²) in [5, 5.41) is 2.84. The molecule has 3 aliphatic rings. The van der Waals surface area contributed by atoms with Crippen LogP contribution in [0, 0.1) is 0 Å². The first kappa shape index (κ1) is 11.8. The van der Waals surface area contributed by atoms with Crippen molar-refractivity contribution >= 4 is 17.7 Å². The number of piperazine rings is 1. The average molecular weight is 257 g/mol. The summed E-state index contributed by atoms with van der Waals surface area (Å²) < 4.78 is 5.84. The standard InChI is InChI=1S/C12H20N2O2S/c1-11(2)8-12(3-6-16-11)10-14(5-4-13-12)9(15)7-17-10/h10,13H,3-8H2,1-2H3/p+1/t10-,12+/m0/s1. The van der Waals surface area contributed by atoms with E-state index in [0.717, 1.165) is 32.5 Å². The predicted octanol–water partition coefficient (Wildman–Crippen LogP) is -0.207. The zero-order chi connectivity index (χ0) is 12.1. The minimum absolute atomic E-state index is 0.0516. The third kappa shape index (κ3) is 1.88. The van der Waals surface area contributed by atoms with E-state index in [2.05, 4.69) is 24.1 Å². The first-order chi connectivity index (χ1) is 8.03. The number of nitrogens with zero attached hydrogens (tertiary/aromatic N) is 1. The molecule has 0 aromatic rings. The molecule has 0 radical (unpaired) electrons. The molecule has 0 saturated carbocycles. The Labute approximate surface area is 106 Å². The molecule has 3 fully saturated rings. The smallest absolute Gasteiger partial charge is 0.233 e. The molecule has 4 nitrogen and oxygen atoms in total. The van der Waals surface area contributed by atoms with Gasteiger partial charge in [0.25, 0.3) is 0 Å². The van der Waals surface area contributed by atoms with Crippen molar-refractivity contribution in [2.45, 2.75) is 43.2 Å². The summed E-state index contributed by atoms with van der Waals surface area (Å²) in [6.07, 6.45) is 2.11. The summed E-state index contributed by atoms with van der Waals surface area (Å²) in [4.78, 5) is 14.0. The van der Waals surface area contributed by atoms with E-state index in [0.29, 0.717) is 17.0 Å². The highest BCUT2D eigenvalue weighted by Gasteiger charge is 2.56. The Morgan fingerprint density at radius 2 is 2.35 bits per heavy atom. The van der Waals surface area contributed by atoms with Gasteiger partial charge < -0.3 is 15.0 Å². The van der Waals surface area contributed by atoms with Crippen LogP contribution < -0.4 is 5.32 Å². The lowest BCUT2D eigenvalue weighted by atomic mass is 9.79. The fraction of sp³-hybridized carbons (Fsp3) is 0.917. The summed E-state index contributed by atoms with van der Waals surface area (Å²) in [5.74, 6) is 0.999. The lowest BCUT2D eigenvalue weighted by Gasteiger charge is -2.50. The van der Waals surface area contributed by atoms with Crippen LogP contribution in [0.3, 0.4) is 0 Å². The summed E-state index contributed by atoms with van der Waals surface area (Å²) in [7, 11) is 0. The molecule has 0 unspecified atom stereocenters. The van der Waals surface area contributed by atoms with Crippen molar-refractivity contribution < 1.29 is 14.8 Å². The Balaban J connectivity index is 1.88. The summed E-state index contributed by atoms with van der Waals surface area (Å²) in [5.41, 5.74) is 0.140. The van der Waals surface area contributed by atoms with Crippen molar-refractivity contribution in [1.82, 2.24) is 4.90 Å². The molecule has 3 aliphatic heterocycles. The number of carbonyl (C=O) groups excluding carboxylic acids is 1. The maximum atomic E-state index is 11.9. The van der Waals surface area contributed by atoms with E-state index in [1.165, 1.54) is 0 Å². The zero-order valence-corrected chi connectivity index (χ0v) is 11.4. The third-order valence-electron chi connectivity index (χ3n) is 4.20. The molecular weight excluding hydrogens is 236 g/mol. The molecule has 17 heavy (non-hydrogen) atoms. The monoisotopic (exact) mass is 257 g/mol. The minimum atomic E-state index is -0.0516. The highest BCUT2D eigenvalue weighted by atomic mass is 32.2. The number of rotatable bonds is 0. The van der Waals surface area contributed by atoms with Crippen molar-refractivity contribution in [3.8, 4) is 0 Å². The maximum absolute atomic E-state index is 11.9. The van der Waals surface area contributed by atoms with Gasteiger partial charge in [-0.25, -0.2) is 0 Å². The summed E-state index contributed by atoms with van der Waals surface area (Å²) in [6, 6.07) is 0. The Bertz CT molecular complexity index is 343. The summed E-state index contributed by atoms with van der Waals surface area (Å²) >= 11 is 1.83. The molecule has 5 heteroatoms. The molecule has 0 bridgehead atoms. The Hall–Kier alpha value is -0.260. The Morgan fingerprint density at radius 3 is 3.12 bits per heavy atom. The van der Waals surface area contributed by atoms with Crippen molar-refractivity contribution in [1.29, 1.82) is 0 Å². The summed E-state index contributed by atoms with van der Waals surface area (Å²) in [6.45, 7) is 7.12. The van der Waals surface area contributed by atoms with Crippen LogP contribution >= 0.6 is 11.8 Å². The molecule has 0 aliphatic carbocycles. The van der Waals surface area contributed by atoms with Gasteiger partial charge in [-0.3, -0.25) is 4.79 Å². The molecule has 96 valence electrons. The van der Waals surface area contributed by atoms with Crippen LogP contribution in [0.4, 0.5) is 0 Å². The number of hydrogen-bond donors (Lipinski definition) is 1. The molecule has 3 heterocycles. The maximum Gasteiger partial charge on any atom is 0.233 e. The molecule has 2 N–H and O–H groups in total. The molecule has 2 atom stereocenters. The third-order valence-corrected chi connectivity index (χ3v) is 5.65. The van der Waals surface area contributed by atoms with E-state index < -0.39 is 0 Å². The van der Waals surface area contributed by atoms with Crippen LogP contribution in [0.2, 0.25) is 0 Å². The minimum Gasteiger partial charge on any atom is -0.375 e. The number of thioether (sulfide) groups is 1. The molecule has 1 spiro atoms. The normalized spacial score (nSPS) is 40.7. The molecule has 3 saturated heterocycles. The van der Waals surface area contributed by atoms with Crippen LogP contribution in [0.5, 0.6) is 0 Å². The van der Waals surface area contributed by atoms with Crippen molar-refractivity contribution in [3.63, 3.8) is 0 Å². The van der Waals surface area contributed by atoms with Crippen LogP contribution in [0.25, 0.3) is 0 Å². The van der Waals surface area contributed by atoms with Gasteiger partial charge in [-0.2, -0.15) is 0 Å². The lowest BCUT2D eigenvalue weighted by Crippen LogP contribution is -3.04. The highest BCUT2D eigenvalue weighted by molar-refractivity contribution is 8.01. The van der Waals surface area contributed by atoms with Gasteiger partial charge in [0.2, 0.25) is 5.91 Å². The lowest BCUT2D eigenvalue weighted by molar-refractivity contribution is -0.744. The first-order valence-electron chi connectivity index (χ1n) is 6.42.